The Kier molecular flexibility index (Phi) is 2.69. The molecule has 0 saturated heterocycles. The minimum absolute atomic E-state index is 0.503. The van der Waals surface area contributed by atoms with Gasteiger partial charge in [0.1, 0.15) is 11.4 Å². The average Bonchev–Trinajstić information content (AvgIpc) is 2.44. The van der Waals surface area contributed by atoms with Gasteiger partial charge in [-0.1, -0.05) is 0 Å². The van der Waals surface area contributed by atoms with E-state index in [0.29, 0.717) is 10.7 Å². The van der Waals surface area contributed by atoms with Crippen molar-refractivity contribution in [2.24, 2.45) is 7.05 Å². The van der Waals surface area contributed by atoms with Gasteiger partial charge in [0.25, 0.3) is 0 Å². The molecule has 84 valence electrons. The normalized spacial score (nSPS) is 13.9. The molecule has 0 aliphatic rings. The van der Waals surface area contributed by atoms with Crippen molar-refractivity contribution in [3.05, 3.63) is 17.5 Å². The van der Waals surface area contributed by atoms with E-state index >= 15 is 0 Å². The molecule has 1 rings (SSSR count). The number of aryl methyl sites for hydroxylation is 1. The maximum atomic E-state index is 12.7. The number of hydrogen-bond donors (Lipinski definition) is 1. The van der Waals surface area contributed by atoms with E-state index in [-0.39, 0.29) is 0 Å². The Balaban J connectivity index is 3.08. The Morgan fingerprint density at radius 3 is 2.47 bits per heavy atom. The molecule has 8 heteroatoms. The minimum Gasteiger partial charge on any atom is -0.477 e. The average molecular weight is 226 g/mol. The molecule has 0 saturated carbocycles. The third-order valence-corrected chi connectivity index (χ3v) is 1.66. The molecule has 0 bridgehead atoms. The zero-order valence-corrected chi connectivity index (χ0v) is 7.42. The summed E-state index contributed by atoms with van der Waals surface area (Å²) >= 11 is 0. The van der Waals surface area contributed by atoms with E-state index in [0.717, 1.165) is 7.05 Å². The molecule has 1 heterocycles. The monoisotopic (exact) mass is 226 g/mol. The lowest BCUT2D eigenvalue weighted by atomic mass is 10.2. The zero-order chi connectivity index (χ0) is 11.8. The van der Waals surface area contributed by atoms with Gasteiger partial charge in [-0.15, -0.1) is 0 Å². The van der Waals surface area contributed by atoms with Crippen LogP contribution in [0.1, 0.15) is 22.4 Å². The molecule has 1 aromatic heterocycles. The fourth-order valence-electron chi connectivity index (χ4n) is 0.981. The Hall–Kier alpha value is -1.60. The third kappa shape index (κ3) is 2.25. The van der Waals surface area contributed by atoms with E-state index in [9.17, 15) is 22.4 Å². The molecule has 15 heavy (non-hydrogen) atoms. The lowest BCUT2D eigenvalue weighted by Gasteiger charge is -2.08. The highest BCUT2D eigenvalue weighted by Gasteiger charge is 2.43. The molecule has 1 N–H and O–H groups in total. The van der Waals surface area contributed by atoms with Gasteiger partial charge in [0.2, 0.25) is 6.17 Å². The summed E-state index contributed by atoms with van der Waals surface area (Å²) in [4.78, 5) is 10.4. The van der Waals surface area contributed by atoms with Crippen LogP contribution in [0, 0.1) is 0 Å². The summed E-state index contributed by atoms with van der Waals surface area (Å²) in [5, 5.41) is 11.6. The molecule has 0 amide bonds. The predicted molar refractivity (Wildman–Crippen MR) is 40.1 cm³/mol. The van der Waals surface area contributed by atoms with Gasteiger partial charge in [0.05, 0.1) is 0 Å². The molecular formula is C7H6F4N2O2. The van der Waals surface area contributed by atoms with Crippen LogP contribution in [0.15, 0.2) is 6.07 Å². The number of nitrogens with zero attached hydrogens (tertiary/aromatic N) is 2. The van der Waals surface area contributed by atoms with Crippen molar-refractivity contribution < 1.29 is 27.5 Å². The van der Waals surface area contributed by atoms with Crippen molar-refractivity contribution in [2.45, 2.75) is 12.3 Å². The second-order valence-electron chi connectivity index (χ2n) is 2.79. The Labute approximate surface area is 81.1 Å². The van der Waals surface area contributed by atoms with Crippen LogP contribution in [-0.2, 0) is 7.05 Å². The van der Waals surface area contributed by atoms with Crippen molar-refractivity contribution in [1.82, 2.24) is 9.78 Å². The molecular weight excluding hydrogens is 220 g/mol. The molecule has 0 aliphatic carbocycles. The van der Waals surface area contributed by atoms with Crippen LogP contribution in [0.4, 0.5) is 17.6 Å². The van der Waals surface area contributed by atoms with Gasteiger partial charge in [0.15, 0.2) is 0 Å². The molecule has 1 atom stereocenters. The standard InChI is InChI=1S/C7H6F4N2O2/c1-13-4(6(14)15)2-3(12-13)5(8)7(9,10)11/h2,5H,1H3,(H,14,15). The van der Waals surface area contributed by atoms with Gasteiger partial charge in [-0.3, -0.25) is 4.68 Å². The van der Waals surface area contributed by atoms with Crippen LogP contribution in [0.3, 0.4) is 0 Å². The van der Waals surface area contributed by atoms with Gasteiger partial charge in [0, 0.05) is 7.05 Å². The lowest BCUT2D eigenvalue weighted by Crippen LogP contribution is -2.17. The summed E-state index contributed by atoms with van der Waals surface area (Å²) < 4.78 is 49.1. The quantitative estimate of drug-likeness (QED) is 0.780. The first-order valence-corrected chi connectivity index (χ1v) is 3.71. The van der Waals surface area contributed by atoms with Crippen LogP contribution in [0.5, 0.6) is 0 Å². The fourth-order valence-corrected chi connectivity index (χ4v) is 0.981. The summed E-state index contributed by atoms with van der Waals surface area (Å²) in [6, 6.07) is 0.556. The summed E-state index contributed by atoms with van der Waals surface area (Å²) in [5.41, 5.74) is -1.46. The van der Waals surface area contributed by atoms with Crippen LogP contribution in [-0.4, -0.2) is 27.0 Å². The van der Waals surface area contributed by atoms with Crippen molar-refractivity contribution in [2.75, 3.05) is 0 Å². The molecule has 0 spiro atoms. The predicted octanol–water partition coefficient (Wildman–Crippen LogP) is 1.69. The number of carbonyl (C=O) groups is 1. The fraction of sp³-hybridized carbons (Fsp3) is 0.429. The number of hydrogen-bond acceptors (Lipinski definition) is 2. The zero-order valence-electron chi connectivity index (χ0n) is 7.42. The van der Waals surface area contributed by atoms with Crippen molar-refractivity contribution >= 4 is 5.97 Å². The molecule has 0 aliphatic heterocycles. The van der Waals surface area contributed by atoms with E-state index < -0.39 is 29.7 Å². The summed E-state index contributed by atoms with van der Waals surface area (Å²) in [6.45, 7) is 0. The maximum absolute atomic E-state index is 12.7. The molecule has 0 aromatic carbocycles. The van der Waals surface area contributed by atoms with Crippen LogP contribution in [0.2, 0.25) is 0 Å². The Morgan fingerprint density at radius 1 is 1.60 bits per heavy atom. The van der Waals surface area contributed by atoms with Gasteiger partial charge >= 0.3 is 12.1 Å². The van der Waals surface area contributed by atoms with E-state index in [2.05, 4.69) is 5.10 Å². The van der Waals surface area contributed by atoms with E-state index in [1.165, 1.54) is 0 Å². The number of halogens is 4. The minimum atomic E-state index is -5.08. The second kappa shape index (κ2) is 3.52. The van der Waals surface area contributed by atoms with Crippen LogP contribution in [0.25, 0.3) is 0 Å². The SMILES string of the molecule is Cn1nc(C(F)C(F)(F)F)cc1C(=O)O. The molecule has 0 radical (unpaired) electrons. The highest BCUT2D eigenvalue weighted by molar-refractivity contribution is 5.85. The Bertz CT molecular complexity index is 385. The van der Waals surface area contributed by atoms with Crippen LogP contribution >= 0.6 is 0 Å². The molecule has 4 nitrogen and oxygen atoms in total. The van der Waals surface area contributed by atoms with Gasteiger partial charge in [-0.05, 0) is 6.07 Å². The number of carboxylic acids is 1. The largest absolute Gasteiger partial charge is 0.477 e. The molecule has 0 fully saturated rings. The number of alkyl halides is 4. The van der Waals surface area contributed by atoms with E-state index in [4.69, 9.17) is 5.11 Å². The van der Waals surface area contributed by atoms with Gasteiger partial charge in [-0.2, -0.15) is 18.3 Å². The maximum Gasteiger partial charge on any atom is 0.425 e. The number of aromatic nitrogens is 2. The Morgan fingerprint density at radius 2 is 2.13 bits per heavy atom. The topological polar surface area (TPSA) is 55.1 Å². The summed E-state index contributed by atoms with van der Waals surface area (Å²) in [7, 11) is 1.12. The number of carboxylic acid groups (broad SMARTS) is 1. The van der Waals surface area contributed by atoms with E-state index in [1.807, 2.05) is 0 Å². The van der Waals surface area contributed by atoms with Gasteiger partial charge in [-0.25, -0.2) is 9.18 Å². The third-order valence-electron chi connectivity index (χ3n) is 1.66. The van der Waals surface area contributed by atoms with E-state index in [1.54, 1.807) is 0 Å². The van der Waals surface area contributed by atoms with Crippen molar-refractivity contribution in [1.29, 1.82) is 0 Å². The number of aromatic carboxylic acids is 1. The highest BCUT2D eigenvalue weighted by atomic mass is 19.4. The molecule has 1 unspecified atom stereocenters. The second-order valence-corrected chi connectivity index (χ2v) is 2.79. The van der Waals surface area contributed by atoms with Gasteiger partial charge < -0.3 is 5.11 Å². The summed E-state index contributed by atoms with van der Waals surface area (Å²) in [6.07, 6.45) is -8.35. The lowest BCUT2D eigenvalue weighted by molar-refractivity contribution is -0.183. The molecule has 1 aromatic rings. The van der Waals surface area contributed by atoms with Crippen molar-refractivity contribution in [3.8, 4) is 0 Å². The smallest absolute Gasteiger partial charge is 0.425 e. The first-order valence-electron chi connectivity index (χ1n) is 3.71. The van der Waals surface area contributed by atoms with Crippen LogP contribution < -0.4 is 0 Å². The number of rotatable bonds is 2. The first-order chi connectivity index (χ1) is 6.73. The highest BCUT2D eigenvalue weighted by Crippen LogP contribution is 2.35. The van der Waals surface area contributed by atoms with Crippen molar-refractivity contribution in [3.63, 3.8) is 0 Å². The summed E-state index contributed by atoms with van der Waals surface area (Å²) in [5.74, 6) is -1.47. The first kappa shape index (κ1) is 11.5.